The van der Waals surface area contributed by atoms with E-state index >= 15 is 0 Å². The molecule has 0 atom stereocenters. The molecule has 1 heterocycles. The molecule has 0 amide bonds. The number of rotatable bonds is 1. The maximum absolute atomic E-state index is 7.52. The number of anilines is 1. The van der Waals surface area contributed by atoms with Crippen LogP contribution in [0.25, 0.3) is 0 Å². The van der Waals surface area contributed by atoms with E-state index in [4.69, 9.17) is 8.22 Å². The van der Waals surface area contributed by atoms with Crippen molar-refractivity contribution in [2.24, 2.45) is 0 Å². The summed E-state index contributed by atoms with van der Waals surface area (Å²) >= 11 is 2.93. The van der Waals surface area contributed by atoms with Crippen LogP contribution in [0.2, 0.25) is 0 Å². The first-order chi connectivity index (χ1) is 6.72. The Hall–Kier alpha value is -0.570. The SMILES string of the molecule is [2H]c1nc([2H])c(NC([2H])([2H])[2H])c([2H])c1Br. The molecule has 48 valence electrons. The van der Waals surface area contributed by atoms with E-state index in [1.54, 1.807) is 0 Å². The molecular weight excluding hydrogens is 180 g/mol. The van der Waals surface area contributed by atoms with Gasteiger partial charge in [-0.25, -0.2) is 0 Å². The molecule has 3 heteroatoms. The highest BCUT2D eigenvalue weighted by Crippen LogP contribution is 2.12. The van der Waals surface area contributed by atoms with Crippen molar-refractivity contribution >= 4 is 21.6 Å². The van der Waals surface area contributed by atoms with E-state index in [0.717, 1.165) is 0 Å². The van der Waals surface area contributed by atoms with Crippen LogP contribution in [-0.4, -0.2) is 12.0 Å². The maximum Gasteiger partial charge on any atom is 0.0862 e. The molecule has 0 saturated heterocycles. The number of hydrogen-bond acceptors (Lipinski definition) is 2. The van der Waals surface area contributed by atoms with Gasteiger partial charge >= 0.3 is 0 Å². The predicted octanol–water partition coefficient (Wildman–Crippen LogP) is 1.89. The molecule has 1 N–H and O–H groups in total. The third-order valence-corrected chi connectivity index (χ3v) is 1.06. The number of nitrogens with zero attached hydrogens (tertiary/aromatic N) is 1. The van der Waals surface area contributed by atoms with Crippen LogP contribution in [0, 0.1) is 0 Å². The Bertz CT molecular complexity index is 390. The molecule has 0 bridgehead atoms. The average molecular weight is 193 g/mol. The zero-order chi connectivity index (χ0) is 11.8. The first-order valence-electron chi connectivity index (χ1n) is 5.14. The Labute approximate surface area is 70.9 Å². The highest BCUT2D eigenvalue weighted by molar-refractivity contribution is 9.10. The number of pyridine rings is 1. The Morgan fingerprint density at radius 1 is 1.89 bits per heavy atom. The zero-order valence-corrected chi connectivity index (χ0v) is 5.91. The molecule has 0 spiro atoms. The van der Waals surface area contributed by atoms with Crippen LogP contribution in [0.1, 0.15) is 8.22 Å². The predicted molar refractivity (Wildman–Crippen MR) is 41.5 cm³/mol. The lowest BCUT2D eigenvalue weighted by Crippen LogP contribution is -1.87. The fraction of sp³-hybridized carbons (Fsp3) is 0.167. The van der Waals surface area contributed by atoms with Crippen LogP contribution >= 0.6 is 15.9 Å². The molecule has 0 unspecified atom stereocenters. The van der Waals surface area contributed by atoms with Crippen molar-refractivity contribution in [1.82, 2.24) is 4.98 Å². The molecule has 0 aliphatic heterocycles. The Morgan fingerprint density at radius 2 is 2.78 bits per heavy atom. The largest absolute Gasteiger partial charge is 0.387 e. The van der Waals surface area contributed by atoms with Crippen LogP contribution in [0.4, 0.5) is 5.69 Å². The third kappa shape index (κ3) is 1.68. The summed E-state index contributed by atoms with van der Waals surface area (Å²) in [5, 5.41) is 2.03. The quantitative estimate of drug-likeness (QED) is 0.736. The summed E-state index contributed by atoms with van der Waals surface area (Å²) in [5.41, 5.74) is -0.210. The van der Waals surface area contributed by atoms with Gasteiger partial charge in [0, 0.05) is 21.7 Å². The molecule has 0 aliphatic carbocycles. The average Bonchev–Trinajstić information content (AvgIpc) is 2.07. The number of aromatic nitrogens is 1. The van der Waals surface area contributed by atoms with Crippen molar-refractivity contribution in [3.8, 4) is 0 Å². The van der Waals surface area contributed by atoms with E-state index in [9.17, 15) is 0 Å². The van der Waals surface area contributed by atoms with Crippen LogP contribution in [0.15, 0.2) is 22.9 Å². The van der Waals surface area contributed by atoms with Gasteiger partial charge in [0.15, 0.2) is 0 Å². The topological polar surface area (TPSA) is 24.9 Å². The van der Waals surface area contributed by atoms with Crippen LogP contribution in [0.3, 0.4) is 0 Å². The summed E-state index contributed by atoms with van der Waals surface area (Å²) < 4.78 is 43.0. The van der Waals surface area contributed by atoms with Gasteiger partial charge in [0.1, 0.15) is 0 Å². The summed E-state index contributed by atoms with van der Waals surface area (Å²) in [6.45, 7) is -2.49. The molecule has 0 aliphatic rings. The van der Waals surface area contributed by atoms with Gasteiger partial charge in [-0.1, -0.05) is 0 Å². The van der Waals surface area contributed by atoms with E-state index in [2.05, 4.69) is 20.9 Å². The minimum atomic E-state index is -2.49. The first kappa shape index (κ1) is 2.23. The molecule has 1 aromatic rings. The lowest BCUT2D eigenvalue weighted by molar-refractivity contribution is 1.29. The van der Waals surface area contributed by atoms with Crippen molar-refractivity contribution in [2.45, 2.75) is 0 Å². The van der Waals surface area contributed by atoms with Gasteiger partial charge in [-0.2, -0.15) is 0 Å². The van der Waals surface area contributed by atoms with E-state index in [-0.39, 0.29) is 22.4 Å². The Balaban J connectivity index is 3.24. The Morgan fingerprint density at radius 3 is 3.56 bits per heavy atom. The van der Waals surface area contributed by atoms with E-state index in [1.165, 1.54) is 0 Å². The molecular formula is C6H7BrN2. The van der Waals surface area contributed by atoms with Gasteiger partial charge in [0.05, 0.1) is 16.0 Å². The van der Waals surface area contributed by atoms with E-state index in [0.29, 0.717) is 0 Å². The molecule has 1 rings (SSSR count). The highest BCUT2D eigenvalue weighted by Gasteiger charge is 1.87. The lowest BCUT2D eigenvalue weighted by Gasteiger charge is -1.96. The highest BCUT2D eigenvalue weighted by atomic mass is 79.9. The van der Waals surface area contributed by atoms with Crippen LogP contribution < -0.4 is 5.32 Å². The fourth-order valence-corrected chi connectivity index (χ4v) is 0.645. The third-order valence-electron chi connectivity index (χ3n) is 0.682. The summed E-state index contributed by atoms with van der Waals surface area (Å²) in [5.74, 6) is 0. The zero-order valence-electron chi connectivity index (χ0n) is 10.3. The van der Waals surface area contributed by atoms with Crippen LogP contribution in [-0.2, 0) is 0 Å². The molecule has 0 saturated carbocycles. The minimum absolute atomic E-state index is 0.0604. The van der Waals surface area contributed by atoms with Crippen molar-refractivity contribution in [2.75, 3.05) is 12.3 Å². The normalized spacial score (nSPS) is 20.1. The molecule has 9 heavy (non-hydrogen) atoms. The van der Waals surface area contributed by atoms with E-state index in [1.807, 2.05) is 5.32 Å². The number of halogens is 1. The first-order valence-corrected chi connectivity index (χ1v) is 2.93. The van der Waals surface area contributed by atoms with Crippen LogP contribution in [0.5, 0.6) is 0 Å². The molecule has 0 fully saturated rings. The van der Waals surface area contributed by atoms with E-state index < -0.39 is 13.1 Å². The molecule has 1 aromatic heterocycles. The summed E-state index contributed by atoms with van der Waals surface area (Å²) in [4.78, 5) is 3.47. The smallest absolute Gasteiger partial charge is 0.0862 e. The van der Waals surface area contributed by atoms with Gasteiger partial charge in [-0.05, 0) is 22.0 Å². The fourth-order valence-electron chi connectivity index (χ4n) is 0.358. The standard InChI is InChI=1S/C6H7BrN2/c1-8-6-2-5(7)3-9-4-6/h2-4,8H,1H3/i1D3,2D,3D,4D. The number of nitrogens with one attached hydrogen (secondary N) is 1. The van der Waals surface area contributed by atoms with Gasteiger partial charge in [-0.15, -0.1) is 0 Å². The second kappa shape index (κ2) is 2.82. The Kier molecular flexibility index (Phi) is 0.701. The summed E-state index contributed by atoms with van der Waals surface area (Å²) in [6, 6.07) is -0.254. The second-order valence-electron chi connectivity index (χ2n) is 1.27. The van der Waals surface area contributed by atoms with Gasteiger partial charge in [0.25, 0.3) is 0 Å². The van der Waals surface area contributed by atoms with Crippen molar-refractivity contribution in [3.63, 3.8) is 0 Å². The monoisotopic (exact) mass is 192 g/mol. The number of hydrogen-bond donors (Lipinski definition) is 1. The van der Waals surface area contributed by atoms with Crippen molar-refractivity contribution < 1.29 is 8.22 Å². The molecule has 0 aromatic carbocycles. The molecule has 2 nitrogen and oxygen atoms in total. The van der Waals surface area contributed by atoms with Crippen molar-refractivity contribution in [3.05, 3.63) is 22.9 Å². The summed E-state index contributed by atoms with van der Waals surface area (Å²) in [7, 11) is 0. The summed E-state index contributed by atoms with van der Waals surface area (Å²) in [6.07, 6.45) is -0.689. The van der Waals surface area contributed by atoms with Gasteiger partial charge in [0.2, 0.25) is 0 Å². The van der Waals surface area contributed by atoms with Gasteiger partial charge < -0.3 is 5.32 Å². The maximum atomic E-state index is 7.52. The minimum Gasteiger partial charge on any atom is -0.387 e. The van der Waals surface area contributed by atoms with Crippen molar-refractivity contribution in [1.29, 1.82) is 0 Å². The second-order valence-corrected chi connectivity index (χ2v) is 2.07. The lowest BCUT2D eigenvalue weighted by atomic mass is 10.4. The molecule has 0 radical (unpaired) electrons. The van der Waals surface area contributed by atoms with Gasteiger partial charge in [-0.3, -0.25) is 4.98 Å².